The first kappa shape index (κ1) is 12.8. The van der Waals surface area contributed by atoms with E-state index in [4.69, 9.17) is 5.73 Å². The minimum absolute atomic E-state index is 0.0385. The molecule has 0 bridgehead atoms. The zero-order valence-corrected chi connectivity index (χ0v) is 10.0. The summed E-state index contributed by atoms with van der Waals surface area (Å²) in [5.74, 6) is 0.206. The lowest BCUT2D eigenvalue weighted by atomic mass is 10.1. The number of nitrogens with zero attached hydrogens (tertiary/aromatic N) is 1. The second kappa shape index (κ2) is 5.20. The predicted molar refractivity (Wildman–Crippen MR) is 67.3 cm³/mol. The van der Waals surface area contributed by atoms with Gasteiger partial charge in [0.05, 0.1) is 0 Å². The number of aromatic hydroxyl groups is 1. The molecule has 0 aliphatic rings. The monoisotopic (exact) mass is 236 g/mol. The number of nitrogens with two attached hydrogens (primary N) is 1. The Bertz CT molecular complexity index is 446. The summed E-state index contributed by atoms with van der Waals surface area (Å²) in [4.78, 5) is 15.1. The van der Waals surface area contributed by atoms with Gasteiger partial charge >= 0.3 is 6.03 Å². The van der Waals surface area contributed by atoms with Crippen molar-refractivity contribution < 1.29 is 9.90 Å². The van der Waals surface area contributed by atoms with Gasteiger partial charge in [-0.05, 0) is 37.1 Å². The van der Waals surface area contributed by atoms with Crippen LogP contribution in [0.15, 0.2) is 17.1 Å². The highest BCUT2D eigenvalue weighted by Gasteiger charge is 2.09. The molecule has 0 atom stereocenters. The van der Waals surface area contributed by atoms with E-state index in [0.717, 1.165) is 11.1 Å². The van der Waals surface area contributed by atoms with Gasteiger partial charge in [0.25, 0.3) is 0 Å². The molecule has 1 aromatic rings. The summed E-state index contributed by atoms with van der Waals surface area (Å²) in [7, 11) is 1.48. The Kier molecular flexibility index (Phi) is 3.92. The number of carbonyl (C=O) groups excluding carboxylic acids is 1. The molecule has 17 heavy (non-hydrogen) atoms. The summed E-state index contributed by atoms with van der Waals surface area (Å²) in [6.45, 7) is 3.58. The van der Waals surface area contributed by atoms with Gasteiger partial charge < -0.3 is 16.2 Å². The Morgan fingerprint density at radius 3 is 2.35 bits per heavy atom. The van der Waals surface area contributed by atoms with Gasteiger partial charge in [0.1, 0.15) is 5.75 Å². The molecule has 1 rings (SSSR count). The number of phenolic OH excluding ortho intramolecular Hbond substituents is 1. The van der Waals surface area contributed by atoms with Crippen LogP contribution < -0.4 is 16.4 Å². The fraction of sp³-hybridized carbons (Fsp3) is 0.273. The van der Waals surface area contributed by atoms with Crippen molar-refractivity contribution in [1.82, 2.24) is 5.32 Å². The second-order valence-corrected chi connectivity index (χ2v) is 3.64. The molecule has 0 saturated heterocycles. The molecule has 0 aromatic heterocycles. The number of benzene rings is 1. The van der Waals surface area contributed by atoms with Crippen LogP contribution in [0.4, 0.5) is 10.5 Å². The van der Waals surface area contributed by atoms with Crippen molar-refractivity contribution in [3.63, 3.8) is 0 Å². The van der Waals surface area contributed by atoms with Crippen molar-refractivity contribution in [1.29, 1.82) is 0 Å². The number of hydrogen-bond acceptors (Lipinski definition) is 3. The van der Waals surface area contributed by atoms with Crippen LogP contribution in [0.2, 0.25) is 0 Å². The number of hydrogen-bond donors (Lipinski definition) is 4. The number of nitrogens with one attached hydrogen (secondary N) is 2. The van der Waals surface area contributed by atoms with Crippen molar-refractivity contribution in [3.8, 4) is 5.75 Å². The van der Waals surface area contributed by atoms with Crippen LogP contribution >= 0.6 is 0 Å². The number of carbonyl (C=O) groups is 1. The minimum atomic E-state index is -0.468. The van der Waals surface area contributed by atoms with E-state index in [-0.39, 0.29) is 11.7 Å². The van der Waals surface area contributed by atoms with E-state index in [9.17, 15) is 9.90 Å². The zero-order valence-electron chi connectivity index (χ0n) is 10.0. The fourth-order valence-electron chi connectivity index (χ4n) is 1.45. The van der Waals surface area contributed by atoms with Crippen LogP contribution in [-0.4, -0.2) is 24.1 Å². The molecular weight excluding hydrogens is 220 g/mol. The van der Waals surface area contributed by atoms with Crippen molar-refractivity contribution in [3.05, 3.63) is 23.3 Å². The van der Waals surface area contributed by atoms with Gasteiger partial charge in [-0.2, -0.15) is 0 Å². The normalized spacial score (nSPS) is 11.1. The predicted octanol–water partition coefficient (Wildman–Crippen LogP) is 1.08. The summed E-state index contributed by atoms with van der Waals surface area (Å²) in [6.07, 6.45) is 0. The van der Waals surface area contributed by atoms with Crippen LogP contribution in [0.5, 0.6) is 5.75 Å². The van der Waals surface area contributed by atoms with Gasteiger partial charge in [-0.15, -0.1) is 0 Å². The van der Waals surface area contributed by atoms with E-state index < -0.39 is 6.03 Å². The minimum Gasteiger partial charge on any atom is -0.508 e. The molecule has 6 heteroatoms. The Balaban J connectivity index is 2.85. The number of anilines is 1. The van der Waals surface area contributed by atoms with E-state index in [1.54, 1.807) is 26.0 Å². The lowest BCUT2D eigenvalue weighted by Crippen LogP contribution is -2.39. The van der Waals surface area contributed by atoms with E-state index in [2.05, 4.69) is 15.6 Å². The largest absolute Gasteiger partial charge is 0.508 e. The summed E-state index contributed by atoms with van der Waals surface area (Å²) < 4.78 is 0. The fourth-order valence-corrected chi connectivity index (χ4v) is 1.45. The maximum Gasteiger partial charge on any atom is 0.326 e. The average molecular weight is 236 g/mol. The molecule has 92 valence electrons. The number of guanidine groups is 1. The van der Waals surface area contributed by atoms with Crippen LogP contribution in [-0.2, 0) is 0 Å². The number of urea groups is 1. The number of aryl methyl sites for hydroxylation is 2. The first-order valence-electron chi connectivity index (χ1n) is 5.04. The highest BCUT2D eigenvalue weighted by atomic mass is 16.3. The molecule has 0 unspecified atom stereocenters. The van der Waals surface area contributed by atoms with Crippen LogP contribution in [0.1, 0.15) is 11.1 Å². The van der Waals surface area contributed by atoms with Crippen LogP contribution in [0, 0.1) is 13.8 Å². The lowest BCUT2D eigenvalue weighted by Gasteiger charge is -2.12. The third kappa shape index (κ3) is 3.37. The molecule has 0 fully saturated rings. The molecule has 2 amide bonds. The maximum atomic E-state index is 11.5. The molecular formula is C11H16N4O2. The van der Waals surface area contributed by atoms with Crippen LogP contribution in [0.3, 0.4) is 0 Å². The molecule has 5 N–H and O–H groups in total. The average Bonchev–Trinajstić information content (AvgIpc) is 2.23. The van der Waals surface area contributed by atoms with Gasteiger partial charge in [0, 0.05) is 12.7 Å². The molecule has 0 saturated carbocycles. The molecule has 1 aromatic carbocycles. The Morgan fingerprint density at radius 1 is 1.35 bits per heavy atom. The van der Waals surface area contributed by atoms with Gasteiger partial charge in [-0.1, -0.05) is 0 Å². The topological polar surface area (TPSA) is 99.7 Å². The van der Waals surface area contributed by atoms with Gasteiger partial charge in [-0.3, -0.25) is 10.3 Å². The smallest absolute Gasteiger partial charge is 0.326 e. The first-order valence-corrected chi connectivity index (χ1v) is 5.04. The molecule has 0 aliphatic heterocycles. The molecule has 0 spiro atoms. The van der Waals surface area contributed by atoms with E-state index in [1.807, 2.05) is 0 Å². The molecule has 0 heterocycles. The number of aliphatic imine (C=N–C) groups is 1. The van der Waals surface area contributed by atoms with Crippen molar-refractivity contribution in [2.24, 2.45) is 10.7 Å². The van der Waals surface area contributed by atoms with Gasteiger partial charge in [-0.25, -0.2) is 4.79 Å². The zero-order chi connectivity index (χ0) is 13.0. The number of phenols is 1. The number of rotatable bonds is 1. The third-order valence-corrected chi connectivity index (χ3v) is 2.24. The summed E-state index contributed by atoms with van der Waals surface area (Å²) in [5, 5.41) is 14.4. The Hall–Kier alpha value is -2.24. The first-order chi connectivity index (χ1) is 7.93. The molecule has 0 radical (unpaired) electrons. The van der Waals surface area contributed by atoms with Crippen molar-refractivity contribution in [2.75, 3.05) is 12.4 Å². The number of amides is 2. The Labute approximate surface area is 99.5 Å². The SMILES string of the molecule is CN=C(N)NC(=O)Nc1c(C)cc(O)cc1C. The second-order valence-electron chi connectivity index (χ2n) is 3.64. The van der Waals surface area contributed by atoms with Gasteiger partial charge in [0.15, 0.2) is 5.96 Å². The molecule has 0 aliphatic carbocycles. The van der Waals surface area contributed by atoms with E-state index in [1.165, 1.54) is 7.05 Å². The van der Waals surface area contributed by atoms with Crippen LogP contribution in [0.25, 0.3) is 0 Å². The van der Waals surface area contributed by atoms with E-state index >= 15 is 0 Å². The van der Waals surface area contributed by atoms with Crippen molar-refractivity contribution in [2.45, 2.75) is 13.8 Å². The van der Waals surface area contributed by atoms with E-state index in [0.29, 0.717) is 5.69 Å². The standard InChI is InChI=1S/C11H16N4O2/c1-6-4-8(16)5-7(2)9(6)14-11(17)15-10(12)13-3/h4-5,16H,1-3H3,(H4,12,13,14,15,17). The maximum absolute atomic E-state index is 11.5. The summed E-state index contributed by atoms with van der Waals surface area (Å²) >= 11 is 0. The molecule has 6 nitrogen and oxygen atoms in total. The Morgan fingerprint density at radius 2 is 1.88 bits per heavy atom. The summed E-state index contributed by atoms with van der Waals surface area (Å²) in [6, 6.07) is 2.67. The van der Waals surface area contributed by atoms with Gasteiger partial charge in [0.2, 0.25) is 0 Å². The van der Waals surface area contributed by atoms with Crippen molar-refractivity contribution >= 4 is 17.7 Å². The quantitative estimate of drug-likeness (QED) is 0.333. The third-order valence-electron chi connectivity index (χ3n) is 2.24. The lowest BCUT2D eigenvalue weighted by molar-refractivity contribution is 0.256. The summed E-state index contributed by atoms with van der Waals surface area (Å²) in [5.41, 5.74) is 7.54. The highest BCUT2D eigenvalue weighted by Crippen LogP contribution is 2.25. The highest BCUT2D eigenvalue weighted by molar-refractivity contribution is 6.02.